The summed E-state index contributed by atoms with van der Waals surface area (Å²) in [5.41, 5.74) is 6.32. The van der Waals surface area contributed by atoms with Crippen molar-refractivity contribution in [3.05, 3.63) is 246 Å². The Kier molecular flexibility index (Phi) is 22.7. The number of benzene rings is 7. The molecule has 7 aromatic rings. The largest absolute Gasteiger partial charge is 0.374 e. The first-order valence-electron chi connectivity index (χ1n) is 25.0. The van der Waals surface area contributed by atoms with Crippen molar-refractivity contribution in [1.82, 2.24) is 0 Å². The molecule has 0 saturated carbocycles. The quantitative estimate of drug-likeness (QED) is 0.0660. The normalized spacial score (nSPS) is 23.6. The molecule has 0 N–H and O–H groups in total. The first-order valence-corrected chi connectivity index (χ1v) is 25.9. The maximum absolute atomic E-state index is 15.1. The summed E-state index contributed by atoms with van der Waals surface area (Å²) in [6.45, 7) is 7.59. The van der Waals surface area contributed by atoms with E-state index in [0.717, 1.165) is 38.3 Å². The number of hydrogen-bond acceptors (Lipinski definition) is 9. The molecule has 0 aromatic heterocycles. The zero-order chi connectivity index (χ0) is 49.6. The summed E-state index contributed by atoms with van der Waals surface area (Å²) in [5.74, 6) is -0.135. The molecule has 9 rings (SSSR count). The Morgan fingerprint density at radius 2 is 0.658 bits per heavy atom. The summed E-state index contributed by atoms with van der Waals surface area (Å²) in [4.78, 5) is 1.15. The third-order valence-corrected chi connectivity index (χ3v) is 14.0. The molecule has 384 valence electrons. The molecule has 0 amide bonds. The topological polar surface area (TPSA) is 73.8 Å². The van der Waals surface area contributed by atoms with Crippen molar-refractivity contribution in [3.8, 4) is 0 Å². The lowest BCUT2D eigenvalue weighted by Gasteiger charge is -2.45. The fourth-order valence-electron chi connectivity index (χ4n) is 8.96. The first kappa shape index (κ1) is 55.3. The summed E-state index contributed by atoms with van der Waals surface area (Å²) >= 11 is 1.70. The Balaban J connectivity index is 0.000000214. The number of ether oxygens (including phenoxy) is 8. The fraction of sp³-hybridized carbons (Fsp3) is 0.333. The van der Waals surface area contributed by atoms with Gasteiger partial charge in [-0.15, -0.1) is 0 Å². The van der Waals surface area contributed by atoms with E-state index in [-0.39, 0.29) is 55.7 Å². The van der Waals surface area contributed by atoms with E-state index in [2.05, 4.69) is 67.6 Å². The van der Waals surface area contributed by atoms with Gasteiger partial charge in [0.15, 0.2) is 0 Å². The molecule has 0 spiro atoms. The first-order chi connectivity index (χ1) is 35.5. The fourth-order valence-corrected chi connectivity index (χ4v) is 10.2. The molecule has 2 saturated heterocycles. The van der Waals surface area contributed by atoms with Crippen molar-refractivity contribution in [3.63, 3.8) is 0 Å². The molecule has 0 radical (unpaired) electrons. The molecule has 7 aromatic carbocycles. The lowest BCUT2D eigenvalue weighted by atomic mass is 9.90. The van der Waals surface area contributed by atoms with Gasteiger partial charge in [0.2, 0.25) is 6.36 Å². The van der Waals surface area contributed by atoms with Gasteiger partial charge in [0.05, 0.1) is 71.2 Å². The molecule has 2 aliphatic heterocycles. The van der Waals surface area contributed by atoms with Crippen molar-refractivity contribution < 1.29 is 42.3 Å². The zero-order valence-electron chi connectivity index (χ0n) is 41.2. The van der Waals surface area contributed by atoms with Crippen LogP contribution >= 0.6 is 11.8 Å². The van der Waals surface area contributed by atoms with E-state index in [1.807, 2.05) is 159 Å². The summed E-state index contributed by atoms with van der Waals surface area (Å²) in [6, 6.07) is 70.8. The van der Waals surface area contributed by atoms with Crippen LogP contribution in [0, 0.1) is 11.8 Å². The molecule has 2 heterocycles. The van der Waals surface area contributed by atoms with Gasteiger partial charge in [-0.3, -0.25) is 0 Å². The summed E-state index contributed by atoms with van der Waals surface area (Å²) in [7, 11) is 0. The Morgan fingerprint density at radius 1 is 0.370 bits per heavy atom. The Labute approximate surface area is 437 Å². The molecular formula is C63H71FO8S. The zero-order valence-corrected chi connectivity index (χ0v) is 42.0. The molecule has 0 bridgehead atoms. The van der Waals surface area contributed by atoms with E-state index >= 15 is 4.39 Å². The highest BCUT2D eigenvalue weighted by atomic mass is 32.2. The number of hydrogen-bond donors (Lipinski definition) is 0. The number of halogens is 1. The van der Waals surface area contributed by atoms with Crippen LogP contribution in [0.25, 0.3) is 0 Å². The summed E-state index contributed by atoms with van der Waals surface area (Å²) in [6.07, 6.45) is -3.75. The molecule has 2 fully saturated rings. The van der Waals surface area contributed by atoms with Crippen molar-refractivity contribution in [1.29, 1.82) is 0 Å². The van der Waals surface area contributed by atoms with Crippen LogP contribution in [0.1, 0.15) is 54.7 Å². The lowest BCUT2D eigenvalue weighted by molar-refractivity contribution is -0.271. The van der Waals surface area contributed by atoms with Gasteiger partial charge in [-0.1, -0.05) is 233 Å². The molecule has 2 aliphatic rings. The van der Waals surface area contributed by atoms with E-state index in [0.29, 0.717) is 46.2 Å². The van der Waals surface area contributed by atoms with Crippen LogP contribution in [0.3, 0.4) is 0 Å². The van der Waals surface area contributed by atoms with Crippen LogP contribution in [0.15, 0.2) is 217 Å². The predicted octanol–water partition coefficient (Wildman–Crippen LogP) is 13.9. The summed E-state index contributed by atoms with van der Waals surface area (Å²) < 4.78 is 65.2. The molecular weight excluding hydrogens is 936 g/mol. The minimum Gasteiger partial charge on any atom is -0.374 e. The lowest BCUT2D eigenvalue weighted by Crippen LogP contribution is -2.55. The van der Waals surface area contributed by atoms with Crippen molar-refractivity contribution in [2.45, 2.75) is 114 Å². The molecule has 10 atom stereocenters. The second kappa shape index (κ2) is 30.0. The van der Waals surface area contributed by atoms with Gasteiger partial charge < -0.3 is 37.9 Å². The second-order valence-electron chi connectivity index (χ2n) is 18.3. The van der Waals surface area contributed by atoms with Crippen LogP contribution in [0.5, 0.6) is 0 Å². The van der Waals surface area contributed by atoms with Crippen molar-refractivity contribution >= 4 is 11.8 Å². The minimum atomic E-state index is -1.55. The van der Waals surface area contributed by atoms with Crippen LogP contribution < -0.4 is 0 Å². The number of rotatable bonds is 22. The molecule has 73 heavy (non-hydrogen) atoms. The van der Waals surface area contributed by atoms with Gasteiger partial charge in [-0.05, 0) is 45.5 Å². The Hall–Kier alpha value is -5.50. The van der Waals surface area contributed by atoms with Crippen LogP contribution in [-0.2, 0) is 77.5 Å². The van der Waals surface area contributed by atoms with Crippen LogP contribution in [-0.4, -0.2) is 61.6 Å². The molecule has 8 nitrogen and oxygen atoms in total. The van der Waals surface area contributed by atoms with Gasteiger partial charge in [-0.25, -0.2) is 4.39 Å². The smallest absolute Gasteiger partial charge is 0.226 e. The van der Waals surface area contributed by atoms with Gasteiger partial charge in [0.25, 0.3) is 0 Å². The average Bonchev–Trinajstić information content (AvgIpc) is 3.42. The highest BCUT2D eigenvalue weighted by Gasteiger charge is 2.47. The van der Waals surface area contributed by atoms with Crippen molar-refractivity contribution in [2.24, 2.45) is 11.8 Å². The van der Waals surface area contributed by atoms with Crippen LogP contribution in [0.4, 0.5) is 4.39 Å². The number of alkyl halides is 1. The third kappa shape index (κ3) is 17.3. The van der Waals surface area contributed by atoms with E-state index in [1.165, 1.54) is 0 Å². The maximum atomic E-state index is 15.1. The third-order valence-electron chi connectivity index (χ3n) is 12.9. The molecule has 4 unspecified atom stereocenters. The van der Waals surface area contributed by atoms with Gasteiger partial charge in [-0.2, -0.15) is 0 Å². The average molecular weight is 1010 g/mol. The number of thioether (sulfide) groups is 1. The molecule has 0 aliphatic carbocycles. The maximum Gasteiger partial charge on any atom is 0.226 e. The van der Waals surface area contributed by atoms with E-state index in [4.69, 9.17) is 37.9 Å². The second-order valence-corrected chi connectivity index (χ2v) is 19.4. The van der Waals surface area contributed by atoms with E-state index in [1.54, 1.807) is 11.8 Å². The monoisotopic (exact) mass is 1010 g/mol. The highest BCUT2D eigenvalue weighted by molar-refractivity contribution is 7.99. The standard InChI is InChI=1S/C34H36O4S.C28H31FO4.CH4/c1-26-32(36-23-28-16-8-3-9-17-28)31(25-35-22-27-14-6-2-7-15-27)38-34(39-30-20-12-5-13-21-30)33(26)37-24-29-18-10-4-11-19-29;1-21-26(31-18-23-13-7-3-8-14-23)25(20-30-17-22-11-5-2-6-12-22)33-28(29)27(21)32-19-24-15-9-4-10-16-24;/h2-21,26,31-34H,22-25H2,1H3;2-16,21,25-28H,17-20H2,1H3;1H4/t26-,31?,32+,33?,34-;21-,25?,26+,27?,28-;/m00./s1. The van der Waals surface area contributed by atoms with E-state index in [9.17, 15) is 0 Å². The highest BCUT2D eigenvalue weighted by Crippen LogP contribution is 2.40. The summed E-state index contributed by atoms with van der Waals surface area (Å²) in [5, 5.41) is 0. The van der Waals surface area contributed by atoms with Gasteiger partial charge in [0.1, 0.15) is 23.7 Å². The minimum absolute atomic E-state index is 0. The van der Waals surface area contributed by atoms with E-state index < -0.39 is 18.6 Å². The Bertz CT molecular complexity index is 2510. The Morgan fingerprint density at radius 3 is 1.03 bits per heavy atom. The molecule has 10 heteroatoms. The van der Waals surface area contributed by atoms with Gasteiger partial charge >= 0.3 is 0 Å². The van der Waals surface area contributed by atoms with Crippen molar-refractivity contribution in [2.75, 3.05) is 13.2 Å². The predicted molar refractivity (Wildman–Crippen MR) is 288 cm³/mol. The van der Waals surface area contributed by atoms with Crippen LogP contribution in [0.2, 0.25) is 0 Å². The SMILES string of the molecule is C.C[C@@H]1C(OCc2ccccc2)[C@@H](F)OC(COCc2ccccc2)[C@@H]1OCc1ccccc1.C[C@@H]1C(OCc2ccccc2)[C@H](Sc2ccccc2)OC(COCc2ccccc2)[C@@H]1OCc1ccccc1. The van der Waals surface area contributed by atoms with Gasteiger partial charge in [0, 0.05) is 16.7 Å².